The van der Waals surface area contributed by atoms with Crippen molar-refractivity contribution in [2.45, 2.75) is 13.3 Å². The predicted octanol–water partition coefficient (Wildman–Crippen LogP) is 4.05. The number of rotatable bonds is 10. The van der Waals surface area contributed by atoms with Gasteiger partial charge >= 0.3 is 5.97 Å². The summed E-state index contributed by atoms with van der Waals surface area (Å²) in [6, 6.07) is 22.4. The number of aromatic nitrogens is 3. The van der Waals surface area contributed by atoms with Gasteiger partial charge in [-0.25, -0.2) is 4.79 Å². The molecule has 2 aromatic carbocycles. The Kier molecular flexibility index (Phi) is 7.85. The maximum atomic E-state index is 13.2. The van der Waals surface area contributed by atoms with Crippen molar-refractivity contribution in [1.29, 1.82) is 0 Å². The molecule has 0 spiro atoms. The van der Waals surface area contributed by atoms with Gasteiger partial charge in [-0.2, -0.15) is 5.10 Å². The molecule has 0 aliphatic heterocycles. The Balaban J connectivity index is 1.61. The fourth-order valence-corrected chi connectivity index (χ4v) is 3.60. The van der Waals surface area contributed by atoms with Crippen molar-refractivity contribution < 1.29 is 19.1 Å². The summed E-state index contributed by atoms with van der Waals surface area (Å²) < 4.78 is 10.7. The molecule has 0 atom stereocenters. The zero-order chi connectivity index (χ0) is 24.5. The molecule has 35 heavy (non-hydrogen) atoms. The van der Waals surface area contributed by atoms with Crippen LogP contribution in [-0.2, 0) is 16.0 Å². The lowest BCUT2D eigenvalue weighted by molar-refractivity contribution is -0.145. The van der Waals surface area contributed by atoms with Gasteiger partial charge in [-0.15, -0.1) is 0 Å². The van der Waals surface area contributed by atoms with E-state index in [1.165, 1.54) is 0 Å². The van der Waals surface area contributed by atoms with Gasteiger partial charge in [0, 0.05) is 24.9 Å². The molecular formula is C27H26N4O4. The number of amides is 1. The van der Waals surface area contributed by atoms with E-state index in [-0.39, 0.29) is 19.1 Å². The lowest BCUT2D eigenvalue weighted by atomic mass is 10.0. The smallest absolute Gasteiger partial charge is 0.344 e. The highest BCUT2D eigenvalue weighted by molar-refractivity contribution is 6.02. The Morgan fingerprint density at radius 1 is 1.00 bits per heavy atom. The molecule has 2 aromatic heterocycles. The maximum absolute atomic E-state index is 13.2. The van der Waals surface area contributed by atoms with E-state index in [9.17, 15) is 9.59 Å². The van der Waals surface area contributed by atoms with Crippen LogP contribution >= 0.6 is 0 Å². The first kappa shape index (κ1) is 23.7. The summed E-state index contributed by atoms with van der Waals surface area (Å²) in [5, 5.41) is 10.4. The van der Waals surface area contributed by atoms with E-state index >= 15 is 0 Å². The molecule has 2 heterocycles. The molecule has 0 radical (unpaired) electrons. The lowest BCUT2D eigenvalue weighted by Crippen LogP contribution is -2.26. The number of ether oxygens (including phenoxy) is 2. The van der Waals surface area contributed by atoms with Gasteiger partial charge < -0.3 is 14.8 Å². The Morgan fingerprint density at radius 2 is 1.83 bits per heavy atom. The van der Waals surface area contributed by atoms with Crippen LogP contribution in [-0.4, -0.2) is 46.8 Å². The molecule has 4 rings (SSSR count). The first-order chi connectivity index (χ1) is 17.2. The van der Waals surface area contributed by atoms with Crippen molar-refractivity contribution >= 4 is 11.9 Å². The maximum Gasteiger partial charge on any atom is 0.344 e. The number of carbonyl (C=O) groups excluding carboxylic acids is 2. The van der Waals surface area contributed by atoms with Gasteiger partial charge in [0.1, 0.15) is 5.75 Å². The minimum absolute atomic E-state index is 0.258. The van der Waals surface area contributed by atoms with E-state index in [0.717, 1.165) is 17.0 Å². The third kappa shape index (κ3) is 6.11. The molecule has 0 aliphatic rings. The summed E-state index contributed by atoms with van der Waals surface area (Å²) >= 11 is 0. The van der Waals surface area contributed by atoms with E-state index in [0.29, 0.717) is 35.5 Å². The largest absolute Gasteiger partial charge is 0.481 e. The number of esters is 1. The van der Waals surface area contributed by atoms with E-state index in [4.69, 9.17) is 9.47 Å². The zero-order valence-corrected chi connectivity index (χ0v) is 19.4. The van der Waals surface area contributed by atoms with Crippen LogP contribution in [0.5, 0.6) is 5.75 Å². The number of nitrogens with one attached hydrogen (secondary N) is 2. The van der Waals surface area contributed by atoms with Crippen molar-refractivity contribution in [3.8, 4) is 28.3 Å². The van der Waals surface area contributed by atoms with Crippen LogP contribution < -0.4 is 10.1 Å². The number of aromatic amines is 1. The summed E-state index contributed by atoms with van der Waals surface area (Å²) in [5.41, 5.74) is 4.04. The summed E-state index contributed by atoms with van der Waals surface area (Å²) in [4.78, 5) is 29.4. The fraction of sp³-hybridized carbons (Fsp3) is 0.185. The average Bonchev–Trinajstić information content (AvgIpc) is 3.38. The highest BCUT2D eigenvalue weighted by Gasteiger charge is 2.21. The zero-order valence-electron chi connectivity index (χ0n) is 19.4. The van der Waals surface area contributed by atoms with Gasteiger partial charge in [0.05, 0.1) is 29.1 Å². The highest BCUT2D eigenvalue weighted by atomic mass is 16.6. The quantitative estimate of drug-likeness (QED) is 0.339. The summed E-state index contributed by atoms with van der Waals surface area (Å²) in [7, 11) is 0. The van der Waals surface area contributed by atoms with Crippen LogP contribution in [0.25, 0.3) is 22.5 Å². The second-order valence-corrected chi connectivity index (χ2v) is 7.63. The molecule has 0 unspecified atom stereocenters. The Morgan fingerprint density at radius 3 is 2.60 bits per heavy atom. The fourth-order valence-electron chi connectivity index (χ4n) is 3.60. The van der Waals surface area contributed by atoms with Gasteiger partial charge in [-0.1, -0.05) is 42.5 Å². The first-order valence-corrected chi connectivity index (χ1v) is 11.4. The van der Waals surface area contributed by atoms with Crippen LogP contribution in [0, 0.1) is 0 Å². The number of nitrogens with zero attached hydrogens (tertiary/aromatic N) is 2. The van der Waals surface area contributed by atoms with Gasteiger partial charge in [-0.3, -0.25) is 14.9 Å². The Labute approximate surface area is 203 Å². The van der Waals surface area contributed by atoms with Crippen molar-refractivity contribution in [2.24, 2.45) is 0 Å². The SMILES string of the molecule is CCOC(=O)COc1cccc(C(=O)NCCc2ccccn2)c1-c1cc(-c2ccccc2)[nH]n1. The van der Waals surface area contributed by atoms with Gasteiger partial charge in [0.15, 0.2) is 6.61 Å². The van der Waals surface area contributed by atoms with Crippen LogP contribution in [0.15, 0.2) is 79.0 Å². The van der Waals surface area contributed by atoms with Crippen molar-refractivity contribution in [2.75, 3.05) is 19.8 Å². The van der Waals surface area contributed by atoms with E-state index in [1.54, 1.807) is 31.3 Å². The number of pyridine rings is 1. The van der Waals surface area contributed by atoms with Crippen LogP contribution in [0.4, 0.5) is 0 Å². The molecule has 8 nitrogen and oxygen atoms in total. The first-order valence-electron chi connectivity index (χ1n) is 11.4. The lowest BCUT2D eigenvalue weighted by Gasteiger charge is -2.14. The van der Waals surface area contributed by atoms with Crippen LogP contribution in [0.1, 0.15) is 23.0 Å². The third-order valence-corrected chi connectivity index (χ3v) is 5.23. The third-order valence-electron chi connectivity index (χ3n) is 5.23. The molecule has 2 N–H and O–H groups in total. The van der Waals surface area contributed by atoms with Crippen molar-refractivity contribution in [1.82, 2.24) is 20.5 Å². The van der Waals surface area contributed by atoms with Gasteiger partial charge in [0.2, 0.25) is 0 Å². The highest BCUT2D eigenvalue weighted by Crippen LogP contribution is 2.34. The normalized spacial score (nSPS) is 10.5. The average molecular weight is 471 g/mol. The summed E-state index contributed by atoms with van der Waals surface area (Å²) in [6.07, 6.45) is 2.32. The Bertz CT molecular complexity index is 1270. The number of H-pyrrole nitrogens is 1. The van der Waals surface area contributed by atoms with Crippen LogP contribution in [0.2, 0.25) is 0 Å². The number of benzene rings is 2. The Hall–Kier alpha value is -4.46. The molecule has 0 aliphatic carbocycles. The predicted molar refractivity (Wildman–Crippen MR) is 132 cm³/mol. The molecule has 1 amide bonds. The van der Waals surface area contributed by atoms with Gasteiger partial charge in [0.25, 0.3) is 5.91 Å². The van der Waals surface area contributed by atoms with Crippen LogP contribution in [0.3, 0.4) is 0 Å². The summed E-state index contributed by atoms with van der Waals surface area (Å²) in [6.45, 7) is 2.13. The standard InChI is InChI=1S/C27H26N4O4/c1-2-34-25(32)18-35-24-13-8-12-21(27(33)29-16-14-20-11-6-7-15-28-20)26(24)23-17-22(30-31-23)19-9-4-3-5-10-19/h3-13,15,17H,2,14,16,18H2,1H3,(H,29,33)(H,30,31). The second kappa shape index (κ2) is 11.6. The minimum atomic E-state index is -0.490. The molecule has 0 bridgehead atoms. The molecule has 178 valence electrons. The van der Waals surface area contributed by atoms with E-state index in [2.05, 4.69) is 20.5 Å². The summed E-state index contributed by atoms with van der Waals surface area (Å²) in [5.74, 6) is -0.404. The molecule has 4 aromatic rings. The van der Waals surface area contributed by atoms with Crippen molar-refractivity contribution in [3.63, 3.8) is 0 Å². The molecule has 0 saturated carbocycles. The number of hydrogen-bond acceptors (Lipinski definition) is 6. The molecule has 0 saturated heterocycles. The van der Waals surface area contributed by atoms with E-state index < -0.39 is 5.97 Å². The van der Waals surface area contributed by atoms with E-state index in [1.807, 2.05) is 54.6 Å². The second-order valence-electron chi connectivity index (χ2n) is 7.63. The topological polar surface area (TPSA) is 106 Å². The number of hydrogen-bond donors (Lipinski definition) is 2. The minimum Gasteiger partial charge on any atom is -0.481 e. The molecule has 0 fully saturated rings. The molecule has 8 heteroatoms. The number of carbonyl (C=O) groups is 2. The van der Waals surface area contributed by atoms with Crippen molar-refractivity contribution in [3.05, 3.63) is 90.3 Å². The monoisotopic (exact) mass is 470 g/mol. The molecular weight excluding hydrogens is 444 g/mol. The van der Waals surface area contributed by atoms with Gasteiger partial charge in [-0.05, 0) is 42.8 Å².